The molecule has 2 N–H and O–H groups in total. The Labute approximate surface area is 160 Å². The average molecular weight is 368 g/mol. The summed E-state index contributed by atoms with van der Waals surface area (Å²) in [5.74, 6) is 1.07. The lowest BCUT2D eigenvalue weighted by Gasteiger charge is -2.32. The van der Waals surface area contributed by atoms with Gasteiger partial charge in [-0.15, -0.1) is 0 Å². The Morgan fingerprint density at radius 1 is 1.33 bits per heavy atom. The van der Waals surface area contributed by atoms with Gasteiger partial charge in [0.2, 0.25) is 0 Å². The third-order valence-corrected chi connectivity index (χ3v) is 5.51. The van der Waals surface area contributed by atoms with Crippen molar-refractivity contribution in [3.63, 3.8) is 0 Å². The number of hydrogen-bond donors (Lipinski definition) is 2. The molecular weight excluding hydrogens is 340 g/mol. The van der Waals surface area contributed by atoms with Crippen LogP contribution in [-0.4, -0.2) is 50.6 Å². The molecule has 4 heterocycles. The van der Waals surface area contributed by atoms with Gasteiger partial charge in [0, 0.05) is 67.1 Å². The van der Waals surface area contributed by atoms with Gasteiger partial charge in [0.15, 0.2) is 0 Å². The summed E-state index contributed by atoms with van der Waals surface area (Å²) < 4.78 is 0. The van der Waals surface area contributed by atoms with E-state index in [2.05, 4.69) is 41.3 Å². The van der Waals surface area contributed by atoms with Gasteiger partial charge >= 0.3 is 0 Å². The highest BCUT2D eigenvalue weighted by molar-refractivity contribution is 5.92. The molecule has 1 fully saturated rings. The van der Waals surface area contributed by atoms with Crippen LogP contribution in [0.5, 0.6) is 0 Å². The Morgan fingerprint density at radius 3 is 2.96 bits per heavy atom. The second-order valence-electron chi connectivity index (χ2n) is 8.63. The first-order valence-corrected chi connectivity index (χ1v) is 9.82. The molecule has 0 bridgehead atoms. The molecule has 2 aliphatic rings. The summed E-state index contributed by atoms with van der Waals surface area (Å²) in [4.78, 5) is 24.3. The number of likely N-dealkylation sites (tertiary alicyclic amines) is 1. The standard InChI is InChI=1S/C20H28N6O/c1-20(2,3)17-9-16(24-25-17)19(27)26-8-4-5-13(12-26)18-22-11-14-10-21-7-6-15(14)23-18/h9,11,13,21H,4-8,10,12H2,1-3H3,(H,24,25)/t13-/m1/s1. The van der Waals surface area contributed by atoms with Gasteiger partial charge in [-0.05, 0) is 18.9 Å². The van der Waals surface area contributed by atoms with Gasteiger partial charge < -0.3 is 10.2 Å². The van der Waals surface area contributed by atoms with E-state index in [1.807, 2.05) is 17.2 Å². The minimum Gasteiger partial charge on any atom is -0.337 e. The summed E-state index contributed by atoms with van der Waals surface area (Å²) in [6, 6.07) is 1.88. The van der Waals surface area contributed by atoms with E-state index in [0.717, 1.165) is 56.1 Å². The first-order valence-electron chi connectivity index (χ1n) is 9.82. The van der Waals surface area contributed by atoms with Crippen LogP contribution in [0, 0.1) is 0 Å². The van der Waals surface area contributed by atoms with Gasteiger partial charge in [-0.2, -0.15) is 5.10 Å². The van der Waals surface area contributed by atoms with Crippen LogP contribution in [0.1, 0.15) is 72.8 Å². The normalized spacial score (nSPS) is 20.4. The molecule has 0 saturated carbocycles. The van der Waals surface area contributed by atoms with E-state index in [1.165, 1.54) is 5.56 Å². The largest absolute Gasteiger partial charge is 0.337 e. The quantitative estimate of drug-likeness (QED) is 0.848. The predicted octanol–water partition coefficient (Wildman–Crippen LogP) is 2.16. The van der Waals surface area contributed by atoms with Gasteiger partial charge in [-0.3, -0.25) is 9.89 Å². The molecule has 2 aromatic rings. The van der Waals surface area contributed by atoms with E-state index in [4.69, 9.17) is 4.98 Å². The van der Waals surface area contributed by atoms with Gasteiger partial charge in [0.25, 0.3) is 5.91 Å². The Balaban J connectivity index is 1.49. The Morgan fingerprint density at radius 2 is 2.19 bits per heavy atom. The smallest absolute Gasteiger partial charge is 0.274 e. The van der Waals surface area contributed by atoms with Gasteiger partial charge in [0.1, 0.15) is 11.5 Å². The SMILES string of the molecule is CC(C)(C)c1cc(C(=O)N2CCC[C@@H](c3ncc4c(n3)CCNC4)C2)n[nH]1. The van der Waals surface area contributed by atoms with E-state index in [1.54, 1.807) is 0 Å². The van der Waals surface area contributed by atoms with Crippen LogP contribution in [0.2, 0.25) is 0 Å². The number of nitrogens with zero attached hydrogens (tertiary/aromatic N) is 4. The number of aromatic nitrogens is 4. The number of piperidine rings is 1. The maximum Gasteiger partial charge on any atom is 0.274 e. The summed E-state index contributed by atoms with van der Waals surface area (Å²) >= 11 is 0. The molecular formula is C20H28N6O. The maximum absolute atomic E-state index is 12.9. The van der Waals surface area contributed by atoms with Crippen molar-refractivity contribution in [1.82, 2.24) is 30.4 Å². The molecule has 144 valence electrons. The van der Waals surface area contributed by atoms with Crippen LogP contribution in [0.3, 0.4) is 0 Å². The Kier molecular flexibility index (Phi) is 4.72. The summed E-state index contributed by atoms with van der Waals surface area (Å²) in [6.07, 6.45) is 4.89. The molecule has 0 spiro atoms. The Hall–Kier alpha value is -2.28. The number of aromatic amines is 1. The van der Waals surface area contributed by atoms with Crippen molar-refractivity contribution in [1.29, 1.82) is 0 Å². The van der Waals surface area contributed by atoms with Crippen molar-refractivity contribution in [3.8, 4) is 0 Å². The summed E-state index contributed by atoms with van der Waals surface area (Å²) in [7, 11) is 0. The van der Waals surface area contributed by atoms with Crippen molar-refractivity contribution in [2.75, 3.05) is 19.6 Å². The van der Waals surface area contributed by atoms with Crippen LogP contribution in [0.25, 0.3) is 0 Å². The maximum atomic E-state index is 12.9. The van der Waals surface area contributed by atoms with Crippen molar-refractivity contribution >= 4 is 5.91 Å². The van der Waals surface area contributed by atoms with Gasteiger partial charge in [0.05, 0.1) is 0 Å². The summed E-state index contributed by atoms with van der Waals surface area (Å²) in [5.41, 5.74) is 3.77. The highest BCUT2D eigenvalue weighted by Crippen LogP contribution is 2.27. The highest BCUT2D eigenvalue weighted by Gasteiger charge is 2.29. The molecule has 1 atom stereocenters. The molecule has 1 saturated heterocycles. The second kappa shape index (κ2) is 7.03. The van der Waals surface area contributed by atoms with E-state index in [-0.39, 0.29) is 17.2 Å². The first-order chi connectivity index (χ1) is 12.9. The Bertz CT molecular complexity index is 837. The number of carbonyl (C=O) groups is 1. The van der Waals surface area contributed by atoms with E-state index in [0.29, 0.717) is 12.2 Å². The van der Waals surface area contributed by atoms with Crippen LogP contribution in [0.4, 0.5) is 0 Å². The molecule has 0 aliphatic carbocycles. The molecule has 7 heteroatoms. The third kappa shape index (κ3) is 3.74. The average Bonchev–Trinajstić information content (AvgIpc) is 3.18. The number of nitrogens with one attached hydrogen (secondary N) is 2. The van der Waals surface area contributed by atoms with Crippen LogP contribution < -0.4 is 5.32 Å². The number of amides is 1. The zero-order chi connectivity index (χ0) is 19.0. The number of H-pyrrole nitrogens is 1. The fraction of sp³-hybridized carbons (Fsp3) is 0.600. The summed E-state index contributed by atoms with van der Waals surface area (Å²) in [5, 5.41) is 10.6. The fourth-order valence-corrected chi connectivity index (χ4v) is 3.80. The number of rotatable bonds is 2. The van der Waals surface area contributed by atoms with Crippen LogP contribution in [-0.2, 0) is 18.4 Å². The molecule has 0 radical (unpaired) electrons. The molecule has 1 amide bonds. The lowest BCUT2D eigenvalue weighted by atomic mass is 9.92. The lowest BCUT2D eigenvalue weighted by molar-refractivity contribution is 0.0698. The number of carbonyl (C=O) groups excluding carboxylic acids is 1. The van der Waals surface area contributed by atoms with Gasteiger partial charge in [-0.1, -0.05) is 20.8 Å². The molecule has 27 heavy (non-hydrogen) atoms. The predicted molar refractivity (Wildman–Crippen MR) is 103 cm³/mol. The minimum absolute atomic E-state index is 0.00592. The molecule has 0 aromatic carbocycles. The molecule has 2 aromatic heterocycles. The monoisotopic (exact) mass is 368 g/mol. The molecule has 0 unspecified atom stereocenters. The van der Waals surface area contributed by atoms with Crippen LogP contribution >= 0.6 is 0 Å². The van der Waals surface area contributed by atoms with E-state index < -0.39 is 0 Å². The first kappa shape index (κ1) is 18.1. The number of fused-ring (bicyclic) bond motifs is 1. The number of hydrogen-bond acceptors (Lipinski definition) is 5. The summed E-state index contributed by atoms with van der Waals surface area (Å²) in [6.45, 7) is 9.56. The van der Waals surface area contributed by atoms with Crippen molar-refractivity contribution < 1.29 is 4.79 Å². The van der Waals surface area contributed by atoms with E-state index in [9.17, 15) is 4.79 Å². The third-order valence-electron chi connectivity index (χ3n) is 5.51. The fourth-order valence-electron chi connectivity index (χ4n) is 3.80. The zero-order valence-corrected chi connectivity index (χ0v) is 16.4. The zero-order valence-electron chi connectivity index (χ0n) is 16.4. The minimum atomic E-state index is -0.0538. The van der Waals surface area contributed by atoms with Crippen molar-refractivity contribution in [2.24, 2.45) is 0 Å². The molecule has 7 nitrogen and oxygen atoms in total. The topological polar surface area (TPSA) is 86.8 Å². The van der Waals surface area contributed by atoms with Crippen molar-refractivity contribution in [3.05, 3.63) is 40.7 Å². The van der Waals surface area contributed by atoms with Crippen molar-refractivity contribution in [2.45, 2.75) is 57.9 Å². The lowest BCUT2D eigenvalue weighted by Crippen LogP contribution is -2.40. The van der Waals surface area contributed by atoms with Gasteiger partial charge in [-0.25, -0.2) is 9.97 Å². The molecule has 4 rings (SSSR count). The highest BCUT2D eigenvalue weighted by atomic mass is 16.2. The molecule has 2 aliphatic heterocycles. The second-order valence-corrected chi connectivity index (χ2v) is 8.63. The van der Waals surface area contributed by atoms with Crippen LogP contribution in [0.15, 0.2) is 12.3 Å². The van der Waals surface area contributed by atoms with E-state index >= 15 is 0 Å².